The molecule has 24 heavy (non-hydrogen) atoms. The minimum absolute atomic E-state index is 0.0864. The third kappa shape index (κ3) is 3.69. The average Bonchev–Trinajstić information content (AvgIpc) is 2.57. The van der Waals surface area contributed by atoms with E-state index in [4.69, 9.17) is 0 Å². The van der Waals surface area contributed by atoms with Gasteiger partial charge in [-0.25, -0.2) is 9.97 Å². The molecule has 0 aromatic carbocycles. The van der Waals surface area contributed by atoms with Crippen LogP contribution < -0.4 is 5.32 Å². The van der Waals surface area contributed by atoms with Crippen LogP contribution in [0.4, 0.5) is 13.2 Å². The molecule has 2 aromatic rings. The quantitative estimate of drug-likeness (QED) is 0.936. The van der Waals surface area contributed by atoms with Crippen molar-refractivity contribution in [3.63, 3.8) is 0 Å². The van der Waals surface area contributed by atoms with Crippen molar-refractivity contribution in [1.29, 1.82) is 0 Å². The molecule has 2 aromatic heterocycles. The number of halogens is 3. The molecular weight excluding hydrogens is 321 g/mol. The van der Waals surface area contributed by atoms with Crippen LogP contribution in [0.3, 0.4) is 0 Å². The van der Waals surface area contributed by atoms with Crippen molar-refractivity contribution >= 4 is 5.91 Å². The van der Waals surface area contributed by atoms with Gasteiger partial charge in [-0.05, 0) is 31.0 Å². The number of pyridine rings is 1. The zero-order valence-corrected chi connectivity index (χ0v) is 12.7. The molecule has 1 atom stereocenters. The summed E-state index contributed by atoms with van der Waals surface area (Å²) in [7, 11) is 0. The largest absolute Gasteiger partial charge is 0.433 e. The van der Waals surface area contributed by atoms with E-state index in [-0.39, 0.29) is 35.5 Å². The Morgan fingerprint density at radius 3 is 2.75 bits per heavy atom. The maximum atomic E-state index is 13.1. The van der Waals surface area contributed by atoms with Crippen molar-refractivity contribution in [2.24, 2.45) is 5.92 Å². The van der Waals surface area contributed by atoms with Gasteiger partial charge in [-0.2, -0.15) is 13.2 Å². The second-order valence-electron chi connectivity index (χ2n) is 5.62. The highest BCUT2D eigenvalue weighted by Crippen LogP contribution is 2.30. The first-order valence-electron chi connectivity index (χ1n) is 7.58. The van der Waals surface area contributed by atoms with Crippen molar-refractivity contribution in [3.8, 4) is 11.5 Å². The minimum atomic E-state index is -4.59. The van der Waals surface area contributed by atoms with Gasteiger partial charge in [-0.1, -0.05) is 6.07 Å². The third-order valence-electron chi connectivity index (χ3n) is 3.82. The van der Waals surface area contributed by atoms with Gasteiger partial charge in [-0.15, -0.1) is 0 Å². The SMILES string of the molecule is O=C1NCCCC1Cc1cc(C(F)(F)F)nc(-c2ccccn2)n1. The number of aromatic nitrogens is 3. The lowest BCUT2D eigenvalue weighted by molar-refractivity contribution is -0.141. The molecule has 1 fully saturated rings. The summed E-state index contributed by atoms with van der Waals surface area (Å²) in [6.45, 7) is 0.603. The zero-order chi connectivity index (χ0) is 17.2. The maximum absolute atomic E-state index is 13.1. The summed E-state index contributed by atoms with van der Waals surface area (Å²) < 4.78 is 39.4. The van der Waals surface area contributed by atoms with Gasteiger partial charge in [0.2, 0.25) is 5.91 Å². The van der Waals surface area contributed by atoms with Gasteiger partial charge < -0.3 is 5.32 Å². The van der Waals surface area contributed by atoms with Gasteiger partial charge in [0.1, 0.15) is 11.4 Å². The summed E-state index contributed by atoms with van der Waals surface area (Å²) in [6, 6.07) is 5.77. The third-order valence-corrected chi connectivity index (χ3v) is 3.82. The van der Waals surface area contributed by atoms with Crippen LogP contribution in [0.15, 0.2) is 30.5 Å². The minimum Gasteiger partial charge on any atom is -0.356 e. The topological polar surface area (TPSA) is 67.8 Å². The van der Waals surface area contributed by atoms with E-state index < -0.39 is 11.9 Å². The van der Waals surface area contributed by atoms with Crippen LogP contribution in [-0.2, 0) is 17.4 Å². The Bertz CT molecular complexity index is 734. The van der Waals surface area contributed by atoms with Crippen molar-refractivity contribution in [2.45, 2.75) is 25.4 Å². The number of rotatable bonds is 3. The summed E-state index contributed by atoms with van der Waals surface area (Å²) >= 11 is 0. The highest BCUT2D eigenvalue weighted by atomic mass is 19.4. The first-order chi connectivity index (χ1) is 11.4. The second kappa shape index (κ2) is 6.54. The molecule has 1 amide bonds. The van der Waals surface area contributed by atoms with E-state index in [1.54, 1.807) is 18.2 Å². The van der Waals surface area contributed by atoms with E-state index in [1.165, 1.54) is 6.20 Å². The lowest BCUT2D eigenvalue weighted by Crippen LogP contribution is -2.37. The first-order valence-corrected chi connectivity index (χ1v) is 7.58. The van der Waals surface area contributed by atoms with E-state index in [0.29, 0.717) is 13.0 Å². The Balaban J connectivity index is 1.97. The second-order valence-corrected chi connectivity index (χ2v) is 5.62. The molecule has 3 rings (SSSR count). The number of alkyl halides is 3. The van der Waals surface area contributed by atoms with Gasteiger partial charge in [0.05, 0.1) is 0 Å². The fraction of sp³-hybridized carbons (Fsp3) is 0.375. The van der Waals surface area contributed by atoms with E-state index >= 15 is 0 Å². The molecule has 8 heteroatoms. The average molecular weight is 336 g/mol. The van der Waals surface area contributed by atoms with Crippen molar-refractivity contribution in [2.75, 3.05) is 6.54 Å². The maximum Gasteiger partial charge on any atom is 0.433 e. The predicted octanol–water partition coefficient (Wildman–Crippen LogP) is 2.63. The molecule has 1 aliphatic heterocycles. The molecule has 5 nitrogen and oxygen atoms in total. The molecule has 0 bridgehead atoms. The summed E-state index contributed by atoms with van der Waals surface area (Å²) in [6.07, 6.45) is -1.53. The monoisotopic (exact) mass is 336 g/mol. The molecule has 0 saturated carbocycles. The molecular formula is C16H15F3N4O. The Kier molecular flexibility index (Phi) is 4.46. The molecule has 0 spiro atoms. The lowest BCUT2D eigenvalue weighted by Gasteiger charge is -2.21. The van der Waals surface area contributed by atoms with Crippen molar-refractivity contribution in [3.05, 3.63) is 41.9 Å². The van der Waals surface area contributed by atoms with Crippen LogP contribution in [0.1, 0.15) is 24.2 Å². The fourth-order valence-electron chi connectivity index (χ4n) is 2.64. The Morgan fingerprint density at radius 2 is 2.08 bits per heavy atom. The summed E-state index contributed by atoms with van der Waals surface area (Å²) in [5.41, 5.74) is -0.567. The van der Waals surface area contributed by atoms with Crippen LogP contribution in [0, 0.1) is 5.92 Å². The van der Waals surface area contributed by atoms with E-state index in [9.17, 15) is 18.0 Å². The number of nitrogens with zero attached hydrogens (tertiary/aromatic N) is 3. The van der Waals surface area contributed by atoms with Gasteiger partial charge in [-0.3, -0.25) is 9.78 Å². The molecule has 0 aliphatic carbocycles. The molecule has 1 N–H and O–H groups in total. The molecule has 1 aliphatic rings. The smallest absolute Gasteiger partial charge is 0.356 e. The molecule has 0 radical (unpaired) electrons. The summed E-state index contributed by atoms with van der Waals surface area (Å²) in [5.74, 6) is -0.601. The Hall–Kier alpha value is -2.51. The normalized spacial score (nSPS) is 18.3. The molecule has 126 valence electrons. The molecule has 3 heterocycles. The van der Waals surface area contributed by atoms with Crippen molar-refractivity contribution in [1.82, 2.24) is 20.3 Å². The Labute approximate surface area is 136 Å². The van der Waals surface area contributed by atoms with Gasteiger partial charge in [0.25, 0.3) is 0 Å². The number of hydrogen-bond donors (Lipinski definition) is 1. The zero-order valence-electron chi connectivity index (χ0n) is 12.7. The standard InChI is InChI=1S/C16H15F3N4O/c17-16(18,19)13-9-11(8-10-4-3-7-21-15(10)24)22-14(23-13)12-5-1-2-6-20-12/h1-2,5-6,9-10H,3-4,7-8H2,(H,21,24). The molecule has 1 unspecified atom stereocenters. The van der Waals surface area contributed by atoms with E-state index in [0.717, 1.165) is 12.5 Å². The summed E-state index contributed by atoms with van der Waals surface area (Å²) in [5, 5.41) is 2.73. The lowest BCUT2D eigenvalue weighted by atomic mass is 9.93. The fourth-order valence-corrected chi connectivity index (χ4v) is 2.64. The van der Waals surface area contributed by atoms with Gasteiger partial charge in [0, 0.05) is 30.8 Å². The van der Waals surface area contributed by atoms with E-state index in [1.807, 2.05) is 0 Å². The highest BCUT2D eigenvalue weighted by Gasteiger charge is 2.34. The number of hydrogen-bond acceptors (Lipinski definition) is 4. The number of piperidine rings is 1. The predicted molar refractivity (Wildman–Crippen MR) is 79.7 cm³/mol. The number of carbonyl (C=O) groups is 1. The van der Waals surface area contributed by atoms with Crippen molar-refractivity contribution < 1.29 is 18.0 Å². The van der Waals surface area contributed by atoms with E-state index in [2.05, 4.69) is 20.3 Å². The number of carbonyl (C=O) groups excluding carboxylic acids is 1. The van der Waals surface area contributed by atoms with Gasteiger partial charge >= 0.3 is 6.18 Å². The number of amides is 1. The van der Waals surface area contributed by atoms with Crippen LogP contribution in [-0.4, -0.2) is 27.4 Å². The summed E-state index contributed by atoms with van der Waals surface area (Å²) in [4.78, 5) is 23.6. The Morgan fingerprint density at radius 1 is 1.25 bits per heavy atom. The molecule has 1 saturated heterocycles. The van der Waals surface area contributed by atoms with Crippen LogP contribution >= 0.6 is 0 Å². The van der Waals surface area contributed by atoms with Gasteiger partial charge in [0.15, 0.2) is 5.82 Å². The van der Waals surface area contributed by atoms with Crippen LogP contribution in [0.5, 0.6) is 0 Å². The van der Waals surface area contributed by atoms with Crippen LogP contribution in [0.2, 0.25) is 0 Å². The highest BCUT2D eigenvalue weighted by molar-refractivity contribution is 5.79. The first kappa shape index (κ1) is 16.4. The van der Waals surface area contributed by atoms with Crippen LogP contribution in [0.25, 0.3) is 11.5 Å². The number of nitrogens with one attached hydrogen (secondary N) is 1.